The molecule has 1 aliphatic heterocycles. The van der Waals surface area contributed by atoms with Crippen molar-refractivity contribution in [2.75, 3.05) is 10.6 Å². The van der Waals surface area contributed by atoms with E-state index in [1.165, 1.54) is 23.3 Å². The first-order chi connectivity index (χ1) is 12.7. The molecule has 0 saturated heterocycles. The first-order valence-electron chi connectivity index (χ1n) is 9.40. The molecule has 2 aromatic rings. The third-order valence-electron chi connectivity index (χ3n) is 5.63. The van der Waals surface area contributed by atoms with Gasteiger partial charge in [-0.2, -0.15) is 0 Å². The number of allylic oxidation sites excluding steroid dienone is 1. The van der Waals surface area contributed by atoms with Crippen LogP contribution in [-0.4, -0.2) is 5.78 Å². The minimum absolute atomic E-state index is 0.0828. The van der Waals surface area contributed by atoms with E-state index in [0.29, 0.717) is 6.42 Å². The summed E-state index contributed by atoms with van der Waals surface area (Å²) in [7, 11) is 0. The predicted octanol–water partition coefficient (Wildman–Crippen LogP) is 5.66. The second kappa shape index (κ2) is 6.22. The molecule has 2 aliphatic rings. The third-order valence-corrected chi connectivity index (χ3v) is 5.63. The highest BCUT2D eigenvalue weighted by atomic mass is 19.1. The molecule has 1 aliphatic carbocycles. The number of benzene rings is 2. The van der Waals surface area contributed by atoms with Crippen molar-refractivity contribution in [2.24, 2.45) is 5.41 Å². The maximum absolute atomic E-state index is 13.5. The van der Waals surface area contributed by atoms with E-state index >= 15 is 0 Å². The number of nitrogens with one attached hydrogen (secondary N) is 2. The predicted molar refractivity (Wildman–Crippen MR) is 107 cm³/mol. The number of hydrogen-bond donors (Lipinski definition) is 2. The Morgan fingerprint density at radius 3 is 2.30 bits per heavy atom. The quantitative estimate of drug-likeness (QED) is 0.685. The maximum atomic E-state index is 13.5. The number of aryl methyl sites for hydroxylation is 2. The zero-order valence-electron chi connectivity index (χ0n) is 16.2. The number of rotatable bonds is 1. The largest absolute Gasteiger partial charge is 0.372 e. The second-order valence-corrected chi connectivity index (χ2v) is 8.57. The molecule has 2 aromatic carbocycles. The molecule has 0 radical (unpaired) electrons. The van der Waals surface area contributed by atoms with Crippen LogP contribution in [0.4, 0.5) is 15.8 Å². The highest BCUT2D eigenvalue weighted by Gasteiger charge is 2.38. The minimum atomic E-state index is -0.292. The summed E-state index contributed by atoms with van der Waals surface area (Å²) in [5.74, 6) is -0.125. The molecule has 0 saturated carbocycles. The molecule has 3 nitrogen and oxygen atoms in total. The Hall–Kier alpha value is -2.62. The van der Waals surface area contributed by atoms with Gasteiger partial charge in [0.05, 0.1) is 17.4 Å². The Balaban J connectivity index is 1.90. The standard InChI is InChI=1S/C23H25FN2O/c1-13-9-17-18(10-14(13)2)26-22(15-5-7-16(24)8-6-15)21-19(25-17)11-23(3,4)12-20(21)27/h5-10,22,25-26H,11-12H2,1-4H3/t22-/m1/s1. The van der Waals surface area contributed by atoms with Gasteiger partial charge >= 0.3 is 0 Å². The SMILES string of the molecule is Cc1cc2c(cc1C)N[C@H](c1ccc(F)cc1)C1=C(CC(C)(C)CC1=O)N2. The summed E-state index contributed by atoms with van der Waals surface area (Å²) in [5.41, 5.74) is 6.89. The van der Waals surface area contributed by atoms with E-state index in [1.54, 1.807) is 12.1 Å². The molecule has 4 heteroatoms. The molecule has 0 unspecified atom stereocenters. The normalized spacial score (nSPS) is 20.9. The summed E-state index contributed by atoms with van der Waals surface area (Å²) in [6.07, 6.45) is 1.32. The molecular formula is C23H25FN2O. The second-order valence-electron chi connectivity index (χ2n) is 8.57. The molecule has 0 amide bonds. The summed E-state index contributed by atoms with van der Waals surface area (Å²) in [6, 6.07) is 10.4. The smallest absolute Gasteiger partial charge is 0.163 e. The number of halogens is 1. The molecule has 0 fully saturated rings. The van der Waals surface area contributed by atoms with E-state index in [9.17, 15) is 9.18 Å². The molecule has 1 heterocycles. The summed E-state index contributed by atoms with van der Waals surface area (Å²) < 4.78 is 13.5. The van der Waals surface area contributed by atoms with Crippen LogP contribution in [0.2, 0.25) is 0 Å². The maximum Gasteiger partial charge on any atom is 0.163 e. The number of fused-ring (bicyclic) bond motifs is 1. The van der Waals surface area contributed by atoms with Crippen LogP contribution in [0.25, 0.3) is 0 Å². The Bertz CT molecular complexity index is 957. The fourth-order valence-corrected chi connectivity index (χ4v) is 4.12. The number of carbonyl (C=O) groups is 1. The molecule has 2 N–H and O–H groups in total. The fraction of sp³-hybridized carbons (Fsp3) is 0.348. The lowest BCUT2D eigenvalue weighted by atomic mass is 9.73. The third kappa shape index (κ3) is 3.25. The summed E-state index contributed by atoms with van der Waals surface area (Å²) in [6.45, 7) is 8.42. The molecule has 27 heavy (non-hydrogen) atoms. The van der Waals surface area contributed by atoms with Crippen molar-refractivity contribution in [2.45, 2.75) is 46.6 Å². The van der Waals surface area contributed by atoms with E-state index in [2.05, 4.69) is 50.5 Å². The average molecular weight is 364 g/mol. The Labute approximate surface area is 159 Å². The molecule has 1 atom stereocenters. The van der Waals surface area contributed by atoms with Gasteiger partial charge in [-0.25, -0.2) is 4.39 Å². The van der Waals surface area contributed by atoms with Crippen molar-refractivity contribution in [1.29, 1.82) is 0 Å². The van der Waals surface area contributed by atoms with Crippen LogP contribution in [0.15, 0.2) is 47.7 Å². The summed E-state index contributed by atoms with van der Waals surface area (Å²) in [4.78, 5) is 13.1. The first kappa shape index (κ1) is 17.8. The van der Waals surface area contributed by atoms with E-state index < -0.39 is 0 Å². The number of anilines is 2. The van der Waals surface area contributed by atoms with Crippen LogP contribution < -0.4 is 10.6 Å². The fourth-order valence-electron chi connectivity index (χ4n) is 4.12. The Morgan fingerprint density at radius 1 is 1.00 bits per heavy atom. The summed E-state index contributed by atoms with van der Waals surface area (Å²) in [5, 5.41) is 7.11. The topological polar surface area (TPSA) is 41.1 Å². The van der Waals surface area contributed by atoms with E-state index in [4.69, 9.17) is 0 Å². The number of carbonyl (C=O) groups excluding carboxylic acids is 1. The molecule has 0 spiro atoms. The number of ketones is 1. The van der Waals surface area contributed by atoms with Crippen LogP contribution in [0.3, 0.4) is 0 Å². The molecule has 140 valence electrons. The van der Waals surface area contributed by atoms with Gasteiger partial charge in [-0.1, -0.05) is 26.0 Å². The lowest BCUT2D eigenvalue weighted by molar-refractivity contribution is -0.118. The van der Waals surface area contributed by atoms with Crippen LogP contribution in [0.5, 0.6) is 0 Å². The van der Waals surface area contributed by atoms with Crippen molar-refractivity contribution < 1.29 is 9.18 Å². The molecule has 4 rings (SSSR count). The van der Waals surface area contributed by atoms with Crippen molar-refractivity contribution in [3.05, 3.63) is 70.2 Å². The number of Topliss-reactive ketones (excluding diaryl/α,β-unsaturated/α-hetero) is 1. The van der Waals surface area contributed by atoms with Gasteiger partial charge in [0.2, 0.25) is 0 Å². The van der Waals surface area contributed by atoms with Gasteiger partial charge in [-0.05, 0) is 66.6 Å². The highest BCUT2D eigenvalue weighted by molar-refractivity contribution is 6.01. The van der Waals surface area contributed by atoms with Gasteiger partial charge in [-0.15, -0.1) is 0 Å². The average Bonchev–Trinajstić information content (AvgIpc) is 2.71. The van der Waals surface area contributed by atoms with Crippen molar-refractivity contribution >= 4 is 17.2 Å². The lowest BCUT2D eigenvalue weighted by Gasteiger charge is -2.34. The van der Waals surface area contributed by atoms with Crippen LogP contribution in [-0.2, 0) is 4.79 Å². The monoisotopic (exact) mass is 364 g/mol. The van der Waals surface area contributed by atoms with Gasteiger partial charge < -0.3 is 10.6 Å². The van der Waals surface area contributed by atoms with Gasteiger partial charge in [0.25, 0.3) is 0 Å². The van der Waals surface area contributed by atoms with E-state index in [1.807, 2.05) is 0 Å². The molecule has 0 aromatic heterocycles. The highest BCUT2D eigenvalue weighted by Crippen LogP contribution is 2.45. The van der Waals surface area contributed by atoms with Crippen molar-refractivity contribution in [1.82, 2.24) is 0 Å². The Kier molecular flexibility index (Phi) is 4.10. The van der Waals surface area contributed by atoms with Crippen LogP contribution in [0, 0.1) is 25.1 Å². The van der Waals surface area contributed by atoms with Gasteiger partial charge in [0.15, 0.2) is 5.78 Å². The molecular weight excluding hydrogens is 339 g/mol. The van der Waals surface area contributed by atoms with E-state index in [-0.39, 0.29) is 23.1 Å². The van der Waals surface area contributed by atoms with Crippen molar-refractivity contribution in [3.8, 4) is 0 Å². The first-order valence-corrected chi connectivity index (χ1v) is 9.40. The minimum Gasteiger partial charge on any atom is -0.372 e. The molecule has 0 bridgehead atoms. The Morgan fingerprint density at radius 2 is 1.63 bits per heavy atom. The van der Waals surface area contributed by atoms with Crippen LogP contribution in [0.1, 0.15) is 49.4 Å². The van der Waals surface area contributed by atoms with Crippen molar-refractivity contribution in [3.63, 3.8) is 0 Å². The van der Waals surface area contributed by atoms with E-state index in [0.717, 1.165) is 34.6 Å². The van der Waals surface area contributed by atoms with Gasteiger partial charge in [0, 0.05) is 17.7 Å². The zero-order chi connectivity index (χ0) is 19.3. The van der Waals surface area contributed by atoms with Crippen LogP contribution >= 0.6 is 0 Å². The summed E-state index contributed by atoms with van der Waals surface area (Å²) >= 11 is 0. The number of hydrogen-bond acceptors (Lipinski definition) is 3. The zero-order valence-corrected chi connectivity index (χ0v) is 16.2. The lowest BCUT2D eigenvalue weighted by Crippen LogP contribution is -2.31. The van der Waals surface area contributed by atoms with Gasteiger partial charge in [-0.3, -0.25) is 4.79 Å². The van der Waals surface area contributed by atoms with Gasteiger partial charge in [0.1, 0.15) is 5.82 Å².